The Balaban J connectivity index is 1.49. The van der Waals surface area contributed by atoms with Crippen molar-refractivity contribution in [2.24, 2.45) is 0 Å². The van der Waals surface area contributed by atoms with Gasteiger partial charge in [-0.2, -0.15) is 4.98 Å². The Labute approximate surface area is 228 Å². The first-order valence-electron chi connectivity index (χ1n) is 12.8. The molecule has 2 N–H and O–H groups in total. The topological polar surface area (TPSA) is 71.8 Å². The van der Waals surface area contributed by atoms with E-state index in [4.69, 9.17) is 10.1 Å². The quantitative estimate of drug-likeness (QED) is 0.265. The summed E-state index contributed by atoms with van der Waals surface area (Å²) >= 11 is 1.60. The molecule has 0 saturated heterocycles. The van der Waals surface area contributed by atoms with E-state index in [1.807, 2.05) is 37.6 Å². The van der Waals surface area contributed by atoms with Crippen molar-refractivity contribution in [1.29, 1.82) is 0 Å². The van der Waals surface area contributed by atoms with E-state index >= 15 is 0 Å². The Hall–Kier alpha value is -3.84. The molecule has 0 unspecified atom stereocenters. The molecule has 0 fully saturated rings. The maximum Gasteiger partial charge on any atom is 0.255 e. The normalized spacial score (nSPS) is 14.7. The van der Waals surface area contributed by atoms with Crippen LogP contribution in [0.4, 0.5) is 11.6 Å². The van der Waals surface area contributed by atoms with Gasteiger partial charge >= 0.3 is 0 Å². The molecule has 7 heteroatoms. The maximum atomic E-state index is 13.8. The molecule has 1 aliphatic heterocycles. The van der Waals surface area contributed by atoms with Crippen LogP contribution in [0, 0.1) is 34.6 Å². The lowest BCUT2D eigenvalue weighted by molar-refractivity contribution is -0.113. The zero-order chi connectivity index (χ0) is 27.0. The maximum absolute atomic E-state index is 13.8. The van der Waals surface area contributed by atoms with Crippen molar-refractivity contribution >= 4 is 29.3 Å². The summed E-state index contributed by atoms with van der Waals surface area (Å²) in [6, 6.07) is 20.4. The van der Waals surface area contributed by atoms with Gasteiger partial charge < -0.3 is 10.6 Å². The van der Waals surface area contributed by atoms with Crippen molar-refractivity contribution in [2.75, 3.05) is 10.6 Å². The van der Waals surface area contributed by atoms with Gasteiger partial charge in [0.05, 0.1) is 5.57 Å². The molecular weight excluding hydrogens is 490 g/mol. The van der Waals surface area contributed by atoms with E-state index in [0.29, 0.717) is 16.7 Å². The van der Waals surface area contributed by atoms with Gasteiger partial charge in [-0.15, -0.1) is 5.10 Å². The van der Waals surface area contributed by atoms with Gasteiger partial charge in [-0.05, 0) is 69.9 Å². The lowest BCUT2D eigenvalue weighted by atomic mass is 9.94. The summed E-state index contributed by atoms with van der Waals surface area (Å²) in [5.41, 5.74) is 10.3. The molecule has 4 aromatic rings. The van der Waals surface area contributed by atoms with Crippen LogP contribution < -0.4 is 10.6 Å². The number of benzene rings is 3. The average Bonchev–Trinajstić information content (AvgIpc) is 3.28. The van der Waals surface area contributed by atoms with Gasteiger partial charge in [-0.3, -0.25) is 4.79 Å². The highest BCUT2D eigenvalue weighted by Gasteiger charge is 2.34. The number of carbonyl (C=O) groups is 1. The molecule has 0 saturated carbocycles. The molecule has 0 aliphatic carbocycles. The molecule has 0 radical (unpaired) electrons. The summed E-state index contributed by atoms with van der Waals surface area (Å²) in [5, 5.41) is 12.1. The molecule has 1 amide bonds. The van der Waals surface area contributed by atoms with Crippen LogP contribution in [0.15, 0.2) is 77.1 Å². The summed E-state index contributed by atoms with van der Waals surface area (Å²) in [6.45, 7) is 12.3. The van der Waals surface area contributed by atoms with E-state index < -0.39 is 6.04 Å². The zero-order valence-electron chi connectivity index (χ0n) is 22.7. The van der Waals surface area contributed by atoms with Crippen molar-refractivity contribution in [2.45, 2.75) is 58.5 Å². The van der Waals surface area contributed by atoms with Crippen LogP contribution in [0.25, 0.3) is 0 Å². The van der Waals surface area contributed by atoms with E-state index in [0.717, 1.165) is 39.4 Å². The summed E-state index contributed by atoms with van der Waals surface area (Å²) in [4.78, 5) is 18.6. The number of carbonyl (C=O) groups excluding carboxylic acids is 1. The number of hydrogen-bond donors (Lipinski definition) is 2. The number of hydrogen-bond acceptors (Lipinski definition) is 5. The average molecular weight is 524 g/mol. The first kappa shape index (κ1) is 25.8. The standard InChI is InChI=1S/C31H33N5OS/c1-18-8-12-24(13-9-18)28-27(29(37)33-26-14-10-19(2)15-22(26)5)23(6)32-30-34-31(35-36(28)30)38-17-25-16-20(3)7-11-21(25)4/h7-16,28H,17H2,1-6H3,(H,33,37)(H,32,34,35)/t28-/m1/s1. The van der Waals surface area contributed by atoms with Crippen LogP contribution in [0.1, 0.15) is 51.9 Å². The minimum atomic E-state index is -0.403. The highest BCUT2D eigenvalue weighted by molar-refractivity contribution is 7.98. The zero-order valence-corrected chi connectivity index (χ0v) is 23.5. The molecule has 38 heavy (non-hydrogen) atoms. The van der Waals surface area contributed by atoms with Gasteiger partial charge in [0.2, 0.25) is 11.1 Å². The number of nitrogens with zero attached hydrogens (tertiary/aromatic N) is 3. The Bertz CT molecular complexity index is 1550. The Morgan fingerprint density at radius 2 is 1.58 bits per heavy atom. The number of anilines is 2. The molecule has 194 valence electrons. The summed E-state index contributed by atoms with van der Waals surface area (Å²) in [6.07, 6.45) is 0. The molecule has 0 bridgehead atoms. The van der Waals surface area contributed by atoms with E-state index in [9.17, 15) is 4.79 Å². The number of amides is 1. The van der Waals surface area contributed by atoms with Crippen LogP contribution in [0.5, 0.6) is 0 Å². The van der Waals surface area contributed by atoms with Crippen LogP contribution in [0.2, 0.25) is 0 Å². The van der Waals surface area contributed by atoms with Crippen molar-refractivity contribution in [1.82, 2.24) is 14.8 Å². The number of aryl methyl sites for hydroxylation is 5. The molecular formula is C31H33N5OS. The summed E-state index contributed by atoms with van der Waals surface area (Å²) < 4.78 is 1.85. The Kier molecular flexibility index (Phi) is 7.13. The van der Waals surface area contributed by atoms with Gasteiger partial charge in [0.15, 0.2) is 0 Å². The Morgan fingerprint density at radius 1 is 0.895 bits per heavy atom. The highest BCUT2D eigenvalue weighted by atomic mass is 32.2. The molecule has 6 nitrogen and oxygen atoms in total. The van der Waals surface area contributed by atoms with Gasteiger partial charge in [-0.1, -0.05) is 83.0 Å². The number of aromatic nitrogens is 3. The van der Waals surface area contributed by atoms with E-state index in [2.05, 4.69) is 79.9 Å². The second-order valence-electron chi connectivity index (χ2n) is 10.1. The summed E-state index contributed by atoms with van der Waals surface area (Å²) in [5.74, 6) is 1.26. The molecule has 1 atom stereocenters. The third-order valence-electron chi connectivity index (χ3n) is 6.96. The monoisotopic (exact) mass is 523 g/mol. The summed E-state index contributed by atoms with van der Waals surface area (Å²) in [7, 11) is 0. The number of nitrogens with one attached hydrogen (secondary N) is 2. The van der Waals surface area contributed by atoms with Crippen LogP contribution in [-0.2, 0) is 10.5 Å². The fourth-order valence-corrected chi connectivity index (χ4v) is 5.68. The number of fused-ring (bicyclic) bond motifs is 1. The van der Waals surface area contributed by atoms with Gasteiger partial charge in [0.25, 0.3) is 5.91 Å². The number of allylic oxidation sites excluding steroid dienone is 1. The predicted molar refractivity (Wildman–Crippen MR) is 156 cm³/mol. The molecule has 3 aromatic carbocycles. The van der Waals surface area contributed by atoms with Crippen LogP contribution >= 0.6 is 11.8 Å². The van der Waals surface area contributed by atoms with Crippen molar-refractivity contribution in [3.8, 4) is 0 Å². The van der Waals surface area contributed by atoms with E-state index in [-0.39, 0.29) is 5.91 Å². The lowest BCUT2D eigenvalue weighted by Gasteiger charge is -2.29. The number of rotatable bonds is 6. The van der Waals surface area contributed by atoms with Crippen LogP contribution in [0.3, 0.4) is 0 Å². The second kappa shape index (κ2) is 10.5. The minimum Gasteiger partial charge on any atom is -0.328 e. The minimum absolute atomic E-state index is 0.154. The van der Waals surface area contributed by atoms with Gasteiger partial charge in [0.1, 0.15) is 6.04 Å². The van der Waals surface area contributed by atoms with E-state index in [1.165, 1.54) is 16.7 Å². The highest BCUT2D eigenvalue weighted by Crippen LogP contribution is 2.37. The number of thioether (sulfide) groups is 1. The molecule has 5 rings (SSSR count). The second-order valence-corrected chi connectivity index (χ2v) is 11.1. The van der Waals surface area contributed by atoms with Gasteiger partial charge in [-0.25, -0.2) is 4.68 Å². The van der Waals surface area contributed by atoms with Crippen molar-refractivity contribution < 1.29 is 4.79 Å². The van der Waals surface area contributed by atoms with Crippen molar-refractivity contribution in [3.05, 3.63) is 111 Å². The molecule has 1 aromatic heterocycles. The fraction of sp³-hybridized carbons (Fsp3) is 0.258. The fourth-order valence-electron chi connectivity index (χ4n) is 4.79. The lowest BCUT2D eigenvalue weighted by Crippen LogP contribution is -2.31. The first-order valence-corrected chi connectivity index (χ1v) is 13.8. The molecule has 2 heterocycles. The van der Waals surface area contributed by atoms with E-state index in [1.54, 1.807) is 11.8 Å². The smallest absolute Gasteiger partial charge is 0.255 e. The third-order valence-corrected chi connectivity index (χ3v) is 7.85. The third kappa shape index (κ3) is 5.24. The van der Waals surface area contributed by atoms with Gasteiger partial charge in [0, 0.05) is 17.1 Å². The van der Waals surface area contributed by atoms with Crippen molar-refractivity contribution in [3.63, 3.8) is 0 Å². The first-order chi connectivity index (χ1) is 18.2. The Morgan fingerprint density at radius 3 is 2.32 bits per heavy atom. The predicted octanol–water partition coefficient (Wildman–Crippen LogP) is 7.04. The van der Waals surface area contributed by atoms with Crippen LogP contribution in [-0.4, -0.2) is 20.7 Å². The SMILES string of the molecule is CC1=C(C(=O)Nc2ccc(C)cc2C)[C@@H](c2ccc(C)cc2)n2nc(SCc3cc(C)ccc3C)nc2N1. The molecule has 1 aliphatic rings. The largest absolute Gasteiger partial charge is 0.328 e. The molecule has 0 spiro atoms.